The van der Waals surface area contributed by atoms with Crippen LogP contribution in [0.1, 0.15) is 12.8 Å². The zero-order chi connectivity index (χ0) is 14.8. The molecule has 0 aromatic heterocycles. The molecule has 0 spiro atoms. The minimum atomic E-state index is -1.01. The molecule has 0 aliphatic carbocycles. The van der Waals surface area contributed by atoms with Crippen LogP contribution >= 0.6 is 11.6 Å². The number of rotatable bonds is 3. The molecule has 0 saturated carbocycles. The van der Waals surface area contributed by atoms with Crippen molar-refractivity contribution in [2.45, 2.75) is 18.4 Å². The molecule has 1 aliphatic heterocycles. The third kappa shape index (κ3) is 3.06. The van der Waals surface area contributed by atoms with E-state index in [2.05, 4.69) is 5.32 Å². The summed E-state index contributed by atoms with van der Waals surface area (Å²) in [6, 6.07) is 4.07. The maximum absolute atomic E-state index is 12.2. The number of benzene rings is 1. The molecule has 2 rings (SSSR count). The molecule has 1 heterocycles. The molecule has 8 heteroatoms. The summed E-state index contributed by atoms with van der Waals surface area (Å²) in [5.74, 6) is -0.377. The molecule has 7 nitrogen and oxygen atoms in total. The number of anilines is 1. The highest BCUT2D eigenvalue weighted by atomic mass is 35.5. The molecule has 1 amide bonds. The second-order valence-electron chi connectivity index (χ2n) is 4.65. The number of halogens is 1. The van der Waals surface area contributed by atoms with E-state index in [-0.39, 0.29) is 16.6 Å². The van der Waals surface area contributed by atoms with E-state index >= 15 is 0 Å². The highest BCUT2D eigenvalue weighted by Gasteiger charge is 2.36. The number of ether oxygens (including phenoxy) is 1. The molecule has 20 heavy (non-hydrogen) atoms. The van der Waals surface area contributed by atoms with Crippen LogP contribution in [0.5, 0.6) is 0 Å². The predicted molar refractivity (Wildman–Crippen MR) is 73.7 cm³/mol. The number of amides is 1. The first-order valence-electron chi connectivity index (χ1n) is 6.04. The average Bonchev–Trinajstić information content (AvgIpc) is 2.41. The number of carbonyl (C=O) groups excluding carboxylic acids is 1. The summed E-state index contributed by atoms with van der Waals surface area (Å²) in [6.45, 7) is 0.843. The first-order valence-corrected chi connectivity index (χ1v) is 6.42. The molecule has 1 aromatic rings. The van der Waals surface area contributed by atoms with Gasteiger partial charge in [0, 0.05) is 25.0 Å². The minimum absolute atomic E-state index is 0.0153. The number of carbonyl (C=O) groups is 1. The van der Waals surface area contributed by atoms with Crippen LogP contribution in [0.2, 0.25) is 5.02 Å². The summed E-state index contributed by atoms with van der Waals surface area (Å²) in [5, 5.41) is 13.4. The SMILES string of the molecule is NC1(C(=O)Nc2ccc(Cl)c([N+](=O)[O-])c2)CCOCC1. The monoisotopic (exact) mass is 299 g/mol. The number of hydrogen-bond donors (Lipinski definition) is 2. The van der Waals surface area contributed by atoms with Crippen molar-refractivity contribution in [1.82, 2.24) is 0 Å². The van der Waals surface area contributed by atoms with Gasteiger partial charge in [-0.2, -0.15) is 0 Å². The Bertz CT molecular complexity index is 544. The molecule has 1 aliphatic rings. The van der Waals surface area contributed by atoms with Crippen LogP contribution in [0, 0.1) is 10.1 Å². The molecular weight excluding hydrogens is 286 g/mol. The predicted octanol–water partition coefficient (Wildman–Crippen LogP) is 1.69. The second kappa shape index (κ2) is 5.74. The second-order valence-corrected chi connectivity index (χ2v) is 5.05. The molecule has 0 atom stereocenters. The van der Waals surface area contributed by atoms with Crippen molar-refractivity contribution in [3.8, 4) is 0 Å². The fourth-order valence-corrected chi connectivity index (χ4v) is 2.14. The van der Waals surface area contributed by atoms with Crippen molar-refractivity contribution in [3.05, 3.63) is 33.3 Å². The van der Waals surface area contributed by atoms with Gasteiger partial charge in [-0.25, -0.2) is 0 Å². The Balaban J connectivity index is 2.15. The summed E-state index contributed by atoms with van der Waals surface area (Å²) in [4.78, 5) is 22.3. The lowest BCUT2D eigenvalue weighted by Crippen LogP contribution is -2.54. The topological polar surface area (TPSA) is 107 Å². The Morgan fingerprint density at radius 2 is 2.10 bits per heavy atom. The largest absolute Gasteiger partial charge is 0.381 e. The number of nitrogens with two attached hydrogens (primary N) is 1. The zero-order valence-electron chi connectivity index (χ0n) is 10.6. The van der Waals surface area contributed by atoms with Gasteiger partial charge >= 0.3 is 0 Å². The summed E-state index contributed by atoms with van der Waals surface area (Å²) in [5.41, 5.74) is 5.05. The number of nitro groups is 1. The van der Waals surface area contributed by atoms with Gasteiger partial charge in [-0.1, -0.05) is 11.6 Å². The lowest BCUT2D eigenvalue weighted by atomic mass is 9.90. The van der Waals surface area contributed by atoms with E-state index in [1.54, 1.807) is 0 Å². The summed E-state index contributed by atoms with van der Waals surface area (Å²) in [7, 11) is 0. The van der Waals surface area contributed by atoms with E-state index in [1.165, 1.54) is 18.2 Å². The fraction of sp³-hybridized carbons (Fsp3) is 0.417. The van der Waals surface area contributed by atoms with Gasteiger partial charge in [0.15, 0.2) is 0 Å². The minimum Gasteiger partial charge on any atom is -0.381 e. The van der Waals surface area contributed by atoms with Gasteiger partial charge in [0.25, 0.3) is 5.69 Å². The highest BCUT2D eigenvalue weighted by Crippen LogP contribution is 2.28. The Labute approximate surface area is 120 Å². The van der Waals surface area contributed by atoms with Crippen LogP contribution in [-0.4, -0.2) is 29.6 Å². The van der Waals surface area contributed by atoms with E-state index in [4.69, 9.17) is 22.1 Å². The van der Waals surface area contributed by atoms with Crippen molar-refractivity contribution in [1.29, 1.82) is 0 Å². The van der Waals surface area contributed by atoms with Crippen molar-refractivity contribution >= 4 is 28.9 Å². The Kier molecular flexibility index (Phi) is 4.22. The third-order valence-electron chi connectivity index (χ3n) is 3.24. The van der Waals surface area contributed by atoms with E-state index in [1.807, 2.05) is 0 Å². The first-order chi connectivity index (χ1) is 9.42. The van der Waals surface area contributed by atoms with E-state index in [0.717, 1.165) is 0 Å². The highest BCUT2D eigenvalue weighted by molar-refractivity contribution is 6.32. The number of nitro benzene ring substituents is 1. The number of hydrogen-bond acceptors (Lipinski definition) is 5. The maximum Gasteiger partial charge on any atom is 0.289 e. The smallest absolute Gasteiger partial charge is 0.289 e. The summed E-state index contributed by atoms with van der Waals surface area (Å²) in [6.07, 6.45) is 0.822. The molecule has 1 aromatic carbocycles. The summed E-state index contributed by atoms with van der Waals surface area (Å²) < 4.78 is 5.16. The fourth-order valence-electron chi connectivity index (χ4n) is 1.95. The first kappa shape index (κ1) is 14.7. The van der Waals surface area contributed by atoms with Crippen LogP contribution in [0.4, 0.5) is 11.4 Å². The van der Waals surface area contributed by atoms with Gasteiger partial charge in [-0.15, -0.1) is 0 Å². The summed E-state index contributed by atoms with van der Waals surface area (Å²) >= 11 is 5.71. The normalized spacial score (nSPS) is 17.5. The number of nitrogens with one attached hydrogen (secondary N) is 1. The van der Waals surface area contributed by atoms with Gasteiger partial charge in [-0.05, 0) is 25.0 Å². The lowest BCUT2D eigenvalue weighted by Gasteiger charge is -2.31. The Morgan fingerprint density at radius 3 is 2.70 bits per heavy atom. The van der Waals surface area contributed by atoms with Gasteiger partial charge in [0.05, 0.1) is 4.92 Å². The van der Waals surface area contributed by atoms with Crippen LogP contribution in [-0.2, 0) is 9.53 Å². The molecule has 0 unspecified atom stereocenters. The quantitative estimate of drug-likeness (QED) is 0.652. The third-order valence-corrected chi connectivity index (χ3v) is 3.56. The standard InChI is InChI=1S/C12H14ClN3O4/c13-9-2-1-8(7-10(9)16(18)19)15-11(17)12(14)3-5-20-6-4-12/h1-2,7H,3-6,14H2,(H,15,17). The van der Waals surface area contributed by atoms with Crippen molar-refractivity contribution in [2.24, 2.45) is 5.73 Å². The lowest BCUT2D eigenvalue weighted by molar-refractivity contribution is -0.384. The Hall–Kier alpha value is -1.70. The van der Waals surface area contributed by atoms with Crippen LogP contribution < -0.4 is 11.1 Å². The molecule has 1 fully saturated rings. The van der Waals surface area contributed by atoms with Crippen molar-refractivity contribution in [2.75, 3.05) is 18.5 Å². The van der Waals surface area contributed by atoms with E-state index in [0.29, 0.717) is 31.7 Å². The van der Waals surface area contributed by atoms with Crippen LogP contribution in [0.3, 0.4) is 0 Å². The van der Waals surface area contributed by atoms with Crippen molar-refractivity contribution < 1.29 is 14.5 Å². The number of nitrogens with zero attached hydrogens (tertiary/aromatic N) is 1. The van der Waals surface area contributed by atoms with Gasteiger partial charge < -0.3 is 15.8 Å². The zero-order valence-corrected chi connectivity index (χ0v) is 11.4. The van der Waals surface area contributed by atoms with Gasteiger partial charge in [0.1, 0.15) is 10.6 Å². The van der Waals surface area contributed by atoms with Crippen molar-refractivity contribution in [3.63, 3.8) is 0 Å². The van der Waals surface area contributed by atoms with Gasteiger partial charge in [0.2, 0.25) is 5.91 Å². The van der Waals surface area contributed by atoms with E-state index in [9.17, 15) is 14.9 Å². The van der Waals surface area contributed by atoms with E-state index < -0.39 is 10.5 Å². The molecule has 0 radical (unpaired) electrons. The maximum atomic E-state index is 12.2. The molecule has 3 N–H and O–H groups in total. The molecule has 108 valence electrons. The molecular formula is C12H14ClN3O4. The van der Waals surface area contributed by atoms with Gasteiger partial charge in [-0.3, -0.25) is 14.9 Å². The molecule has 0 bridgehead atoms. The average molecular weight is 300 g/mol. The Morgan fingerprint density at radius 1 is 1.45 bits per heavy atom. The molecule has 1 saturated heterocycles. The van der Waals surface area contributed by atoms with Crippen LogP contribution in [0.25, 0.3) is 0 Å². The van der Waals surface area contributed by atoms with Crippen LogP contribution in [0.15, 0.2) is 18.2 Å².